The number of aromatic nitrogens is 1. The van der Waals surface area contributed by atoms with Gasteiger partial charge in [0, 0.05) is 46.0 Å². The predicted molar refractivity (Wildman–Crippen MR) is 90.4 cm³/mol. The molecule has 0 atom stereocenters. The smallest absolute Gasteiger partial charge is 0.0701 e. The fourth-order valence-corrected chi connectivity index (χ4v) is 3.66. The molecule has 0 radical (unpaired) electrons. The molecular formula is C15H14BrN3S. The molecule has 0 saturated carbocycles. The maximum Gasteiger partial charge on any atom is 0.0701 e. The van der Waals surface area contributed by atoms with E-state index >= 15 is 0 Å². The largest absolute Gasteiger partial charge is 0.398 e. The van der Waals surface area contributed by atoms with Gasteiger partial charge in [-0.1, -0.05) is 0 Å². The van der Waals surface area contributed by atoms with E-state index < -0.39 is 0 Å². The van der Waals surface area contributed by atoms with Crippen LogP contribution in [0, 0.1) is 0 Å². The number of nitrogens with two attached hydrogens (primary N) is 1. The Hall–Kier alpha value is -1.59. The molecule has 3 aromatic rings. The molecule has 0 aliphatic heterocycles. The summed E-state index contributed by atoms with van der Waals surface area (Å²) in [5.74, 6) is 0. The zero-order valence-electron chi connectivity index (χ0n) is 10.8. The molecule has 1 aromatic carbocycles. The monoisotopic (exact) mass is 347 g/mol. The van der Waals surface area contributed by atoms with Crippen LogP contribution in [0.25, 0.3) is 10.8 Å². The summed E-state index contributed by atoms with van der Waals surface area (Å²) >= 11 is 5.26. The predicted octanol–water partition coefficient (Wildman–Crippen LogP) is 4.30. The second kappa shape index (κ2) is 5.81. The normalized spacial score (nSPS) is 10.8. The number of nitrogens with one attached hydrogen (secondary N) is 1. The molecule has 0 unspecified atom stereocenters. The van der Waals surface area contributed by atoms with Gasteiger partial charge in [0.15, 0.2) is 0 Å². The van der Waals surface area contributed by atoms with Crippen LogP contribution in [0.5, 0.6) is 0 Å². The number of nitrogen functional groups attached to an aromatic ring is 1. The maximum atomic E-state index is 5.98. The van der Waals surface area contributed by atoms with Gasteiger partial charge >= 0.3 is 0 Å². The third-order valence-electron chi connectivity index (χ3n) is 3.17. The van der Waals surface area contributed by atoms with Gasteiger partial charge in [0.1, 0.15) is 0 Å². The Kier molecular flexibility index (Phi) is 3.89. The van der Waals surface area contributed by atoms with Crippen LogP contribution in [0.3, 0.4) is 0 Å². The van der Waals surface area contributed by atoms with E-state index in [1.807, 2.05) is 24.4 Å². The number of anilines is 2. The lowest BCUT2D eigenvalue weighted by atomic mass is 10.1. The van der Waals surface area contributed by atoms with Crippen molar-refractivity contribution in [1.29, 1.82) is 0 Å². The molecule has 3 rings (SSSR count). The van der Waals surface area contributed by atoms with E-state index in [-0.39, 0.29) is 0 Å². The SMILES string of the molecule is Nc1ccc(NCCc2ccc(Br)s2)c2ccncc12. The first-order valence-corrected chi connectivity index (χ1v) is 7.95. The number of halogens is 1. The lowest BCUT2D eigenvalue weighted by molar-refractivity contribution is 1.05. The van der Waals surface area contributed by atoms with Gasteiger partial charge in [-0.15, -0.1) is 11.3 Å². The number of rotatable bonds is 4. The standard InChI is InChI=1S/C15H14BrN3S/c16-15-4-1-10(20-15)5-8-19-14-3-2-13(17)12-9-18-7-6-11(12)14/h1-4,6-7,9,19H,5,8,17H2. The van der Waals surface area contributed by atoms with E-state index in [4.69, 9.17) is 5.73 Å². The molecule has 20 heavy (non-hydrogen) atoms. The first-order chi connectivity index (χ1) is 9.74. The van der Waals surface area contributed by atoms with Gasteiger partial charge in [0.05, 0.1) is 3.79 Å². The quantitative estimate of drug-likeness (QED) is 0.692. The first-order valence-electron chi connectivity index (χ1n) is 6.34. The zero-order valence-corrected chi connectivity index (χ0v) is 13.2. The third-order valence-corrected chi connectivity index (χ3v) is 4.85. The average Bonchev–Trinajstić information content (AvgIpc) is 2.87. The van der Waals surface area contributed by atoms with Gasteiger partial charge in [-0.2, -0.15) is 0 Å². The Labute approximate surface area is 130 Å². The average molecular weight is 348 g/mol. The Morgan fingerprint density at radius 3 is 2.85 bits per heavy atom. The third kappa shape index (κ3) is 2.78. The molecule has 0 saturated heterocycles. The summed E-state index contributed by atoms with van der Waals surface area (Å²) in [7, 11) is 0. The summed E-state index contributed by atoms with van der Waals surface area (Å²) in [4.78, 5) is 5.50. The minimum Gasteiger partial charge on any atom is -0.398 e. The molecular weight excluding hydrogens is 334 g/mol. The minimum absolute atomic E-state index is 0.765. The van der Waals surface area contributed by atoms with Gasteiger partial charge in [-0.3, -0.25) is 4.98 Å². The molecule has 2 heterocycles. The summed E-state index contributed by atoms with van der Waals surface area (Å²) in [6.07, 6.45) is 4.61. The molecule has 0 amide bonds. The molecule has 0 aliphatic carbocycles. The molecule has 3 N–H and O–H groups in total. The number of benzene rings is 1. The van der Waals surface area contributed by atoms with E-state index in [2.05, 4.69) is 38.4 Å². The van der Waals surface area contributed by atoms with Crippen molar-refractivity contribution in [3.05, 3.63) is 51.4 Å². The van der Waals surface area contributed by atoms with Crippen molar-refractivity contribution >= 4 is 49.4 Å². The highest BCUT2D eigenvalue weighted by atomic mass is 79.9. The van der Waals surface area contributed by atoms with Crippen LogP contribution in [0.1, 0.15) is 4.88 Å². The second-order valence-corrected chi connectivity index (χ2v) is 7.05. The van der Waals surface area contributed by atoms with E-state index in [1.165, 1.54) is 8.66 Å². The van der Waals surface area contributed by atoms with E-state index in [0.29, 0.717) is 0 Å². The van der Waals surface area contributed by atoms with Crippen LogP contribution in [-0.4, -0.2) is 11.5 Å². The van der Waals surface area contributed by atoms with Crippen LogP contribution in [0.2, 0.25) is 0 Å². The lowest BCUT2D eigenvalue weighted by Crippen LogP contribution is -2.04. The first kappa shape index (κ1) is 13.4. The highest BCUT2D eigenvalue weighted by Gasteiger charge is 2.04. The molecule has 2 aromatic heterocycles. The highest BCUT2D eigenvalue weighted by molar-refractivity contribution is 9.11. The summed E-state index contributed by atoms with van der Waals surface area (Å²) < 4.78 is 1.18. The van der Waals surface area contributed by atoms with Crippen molar-refractivity contribution in [3.63, 3.8) is 0 Å². The van der Waals surface area contributed by atoms with Crippen molar-refractivity contribution in [2.45, 2.75) is 6.42 Å². The van der Waals surface area contributed by atoms with E-state index in [0.717, 1.165) is 35.1 Å². The number of thiophene rings is 1. The zero-order chi connectivity index (χ0) is 13.9. The van der Waals surface area contributed by atoms with Crippen LogP contribution < -0.4 is 11.1 Å². The molecule has 0 spiro atoms. The Bertz CT molecular complexity index is 739. The highest BCUT2D eigenvalue weighted by Crippen LogP contribution is 2.27. The van der Waals surface area contributed by atoms with Crippen molar-refractivity contribution in [2.75, 3.05) is 17.6 Å². The Balaban J connectivity index is 1.76. The number of hydrogen-bond acceptors (Lipinski definition) is 4. The van der Waals surface area contributed by atoms with Crippen molar-refractivity contribution in [2.24, 2.45) is 0 Å². The van der Waals surface area contributed by atoms with Crippen LogP contribution >= 0.6 is 27.3 Å². The fourth-order valence-electron chi connectivity index (χ4n) is 2.17. The molecule has 0 aliphatic rings. The lowest BCUT2D eigenvalue weighted by Gasteiger charge is -2.10. The van der Waals surface area contributed by atoms with Crippen molar-refractivity contribution < 1.29 is 0 Å². The van der Waals surface area contributed by atoms with E-state index in [9.17, 15) is 0 Å². The van der Waals surface area contributed by atoms with Gasteiger partial charge in [0.2, 0.25) is 0 Å². The molecule has 102 valence electrons. The molecule has 3 nitrogen and oxygen atoms in total. The van der Waals surface area contributed by atoms with E-state index in [1.54, 1.807) is 17.5 Å². The van der Waals surface area contributed by atoms with Gasteiger partial charge in [-0.25, -0.2) is 0 Å². The number of nitrogens with zero attached hydrogens (tertiary/aromatic N) is 1. The van der Waals surface area contributed by atoms with Crippen molar-refractivity contribution in [1.82, 2.24) is 4.98 Å². The fraction of sp³-hybridized carbons (Fsp3) is 0.133. The summed E-state index contributed by atoms with van der Waals surface area (Å²) in [6, 6.07) is 10.2. The number of pyridine rings is 1. The Morgan fingerprint density at radius 2 is 2.05 bits per heavy atom. The number of hydrogen-bond donors (Lipinski definition) is 2. The van der Waals surface area contributed by atoms with Crippen molar-refractivity contribution in [3.8, 4) is 0 Å². The molecule has 0 bridgehead atoms. The second-order valence-electron chi connectivity index (χ2n) is 4.51. The van der Waals surface area contributed by atoms with Crippen LogP contribution in [0.4, 0.5) is 11.4 Å². The molecule has 0 fully saturated rings. The Morgan fingerprint density at radius 1 is 1.15 bits per heavy atom. The topological polar surface area (TPSA) is 50.9 Å². The van der Waals surface area contributed by atoms with Gasteiger partial charge in [0.25, 0.3) is 0 Å². The van der Waals surface area contributed by atoms with Crippen LogP contribution in [0.15, 0.2) is 46.5 Å². The maximum absolute atomic E-state index is 5.98. The molecule has 5 heteroatoms. The summed E-state index contributed by atoms with van der Waals surface area (Å²) in [6.45, 7) is 0.897. The van der Waals surface area contributed by atoms with Crippen LogP contribution in [-0.2, 0) is 6.42 Å². The number of fused-ring (bicyclic) bond motifs is 1. The van der Waals surface area contributed by atoms with Gasteiger partial charge in [-0.05, 0) is 52.7 Å². The van der Waals surface area contributed by atoms with Gasteiger partial charge < -0.3 is 11.1 Å². The summed E-state index contributed by atoms with van der Waals surface area (Å²) in [5.41, 5.74) is 7.84. The summed E-state index contributed by atoms with van der Waals surface area (Å²) in [5, 5.41) is 5.60. The minimum atomic E-state index is 0.765.